The van der Waals surface area contributed by atoms with E-state index >= 15 is 0 Å². The summed E-state index contributed by atoms with van der Waals surface area (Å²) in [5, 5.41) is 0. The molecule has 56 valence electrons. The van der Waals surface area contributed by atoms with Gasteiger partial charge in [0.2, 0.25) is 0 Å². The first-order chi connectivity index (χ1) is 5.33. The molecular weight excluding hydrogens is 138 g/mol. The smallest absolute Gasteiger partial charge is 0.142 e. The number of allylic oxidation sites excluding steroid dienone is 1. The highest BCUT2D eigenvalue weighted by Gasteiger charge is 1.85. The van der Waals surface area contributed by atoms with Gasteiger partial charge < -0.3 is 5.73 Å². The number of carbonyl (C=O) groups excluding carboxylic acids is 1. The van der Waals surface area contributed by atoms with E-state index in [-0.39, 0.29) is 0 Å². The molecule has 0 bridgehead atoms. The van der Waals surface area contributed by atoms with Gasteiger partial charge in [0.1, 0.15) is 6.29 Å². The predicted molar refractivity (Wildman–Crippen MR) is 46.0 cm³/mol. The molecule has 11 heavy (non-hydrogen) atoms. The summed E-state index contributed by atoms with van der Waals surface area (Å²) in [5.74, 6) is 0. The number of rotatable bonds is 2. The van der Waals surface area contributed by atoms with Crippen molar-refractivity contribution in [1.29, 1.82) is 0 Å². The minimum atomic E-state index is 0.707. The Kier molecular flexibility index (Phi) is 2.44. The molecule has 0 saturated carbocycles. The van der Waals surface area contributed by atoms with Crippen LogP contribution in [0, 0.1) is 0 Å². The van der Waals surface area contributed by atoms with Gasteiger partial charge in [-0.3, -0.25) is 4.79 Å². The van der Waals surface area contributed by atoms with E-state index in [4.69, 9.17) is 5.73 Å². The molecule has 0 saturated heterocycles. The molecule has 1 aromatic carbocycles. The zero-order chi connectivity index (χ0) is 8.10. The number of nitrogen functional groups attached to an aromatic ring is 1. The molecule has 0 aliphatic rings. The van der Waals surface area contributed by atoms with E-state index < -0.39 is 0 Å². The fourth-order valence-corrected chi connectivity index (χ4v) is 0.813. The van der Waals surface area contributed by atoms with Crippen molar-refractivity contribution in [2.24, 2.45) is 0 Å². The Morgan fingerprint density at radius 2 is 2.18 bits per heavy atom. The molecule has 1 rings (SSSR count). The molecule has 2 N–H and O–H groups in total. The lowest BCUT2D eigenvalue weighted by Crippen LogP contribution is -1.83. The van der Waals surface area contributed by atoms with Crippen molar-refractivity contribution < 1.29 is 4.79 Å². The molecule has 0 radical (unpaired) electrons. The van der Waals surface area contributed by atoms with Crippen LogP contribution < -0.4 is 5.73 Å². The van der Waals surface area contributed by atoms with Crippen molar-refractivity contribution >= 4 is 18.0 Å². The van der Waals surface area contributed by atoms with Gasteiger partial charge in [-0.2, -0.15) is 0 Å². The van der Waals surface area contributed by atoms with Crippen molar-refractivity contribution in [2.75, 3.05) is 5.73 Å². The van der Waals surface area contributed by atoms with Gasteiger partial charge in [0.15, 0.2) is 0 Å². The second kappa shape index (κ2) is 3.56. The van der Waals surface area contributed by atoms with Crippen LogP contribution in [0.15, 0.2) is 30.3 Å². The lowest BCUT2D eigenvalue weighted by molar-refractivity contribution is -0.104. The summed E-state index contributed by atoms with van der Waals surface area (Å²) in [4.78, 5) is 9.95. The fourth-order valence-electron chi connectivity index (χ4n) is 0.813. The number of hydrogen-bond acceptors (Lipinski definition) is 2. The average Bonchev–Trinajstić information content (AvgIpc) is 2.01. The summed E-state index contributed by atoms with van der Waals surface area (Å²) in [6.07, 6.45) is 3.89. The molecule has 0 amide bonds. The average molecular weight is 147 g/mol. The highest BCUT2D eigenvalue weighted by molar-refractivity contribution is 5.74. The maximum atomic E-state index is 9.95. The number of nitrogens with two attached hydrogens (primary N) is 1. The highest BCUT2D eigenvalue weighted by atomic mass is 16.1. The van der Waals surface area contributed by atoms with Gasteiger partial charge in [0, 0.05) is 5.69 Å². The Morgan fingerprint density at radius 3 is 2.82 bits per heavy atom. The van der Waals surface area contributed by atoms with Gasteiger partial charge in [-0.15, -0.1) is 0 Å². The van der Waals surface area contributed by atoms with Gasteiger partial charge in [0.25, 0.3) is 0 Å². The third kappa shape index (κ3) is 2.26. The number of carbonyl (C=O) groups is 1. The highest BCUT2D eigenvalue weighted by Crippen LogP contribution is 2.07. The standard InChI is InChI=1S/C9H9NO/c10-9-5-1-3-8(7-9)4-2-6-11/h1-7H,10H2/b4-2+. The fraction of sp³-hybridized carbons (Fsp3) is 0. The van der Waals surface area contributed by atoms with Gasteiger partial charge in [-0.05, 0) is 23.8 Å². The maximum Gasteiger partial charge on any atom is 0.142 e. The lowest BCUT2D eigenvalue weighted by atomic mass is 10.2. The van der Waals surface area contributed by atoms with Crippen molar-refractivity contribution in [3.8, 4) is 0 Å². The monoisotopic (exact) mass is 147 g/mol. The first-order valence-electron chi connectivity index (χ1n) is 3.30. The lowest BCUT2D eigenvalue weighted by Gasteiger charge is -1.93. The molecule has 2 nitrogen and oxygen atoms in total. The van der Waals surface area contributed by atoms with Gasteiger partial charge in [-0.25, -0.2) is 0 Å². The van der Waals surface area contributed by atoms with Crippen molar-refractivity contribution in [1.82, 2.24) is 0 Å². The number of aldehydes is 1. The van der Waals surface area contributed by atoms with Crippen LogP contribution in [0.4, 0.5) is 5.69 Å². The van der Waals surface area contributed by atoms with Crippen molar-refractivity contribution in [3.63, 3.8) is 0 Å². The summed E-state index contributed by atoms with van der Waals surface area (Å²) in [7, 11) is 0. The normalized spacial score (nSPS) is 10.2. The third-order valence-corrected chi connectivity index (χ3v) is 1.28. The van der Waals surface area contributed by atoms with Crippen LogP contribution in [0.3, 0.4) is 0 Å². The van der Waals surface area contributed by atoms with E-state index in [1.807, 2.05) is 12.1 Å². The maximum absolute atomic E-state index is 9.95. The molecule has 0 aliphatic carbocycles. The van der Waals surface area contributed by atoms with Crippen molar-refractivity contribution in [2.45, 2.75) is 0 Å². The van der Waals surface area contributed by atoms with Crippen LogP contribution in [-0.2, 0) is 4.79 Å². The molecule has 1 aromatic rings. The van der Waals surface area contributed by atoms with Crippen LogP contribution in [-0.4, -0.2) is 6.29 Å². The second-order valence-corrected chi connectivity index (χ2v) is 2.17. The van der Waals surface area contributed by atoms with E-state index in [0.29, 0.717) is 5.69 Å². The van der Waals surface area contributed by atoms with Crippen LogP contribution in [0.2, 0.25) is 0 Å². The third-order valence-electron chi connectivity index (χ3n) is 1.28. The minimum absolute atomic E-state index is 0.707. The Bertz CT molecular complexity index is 279. The van der Waals surface area contributed by atoms with Crippen LogP contribution >= 0.6 is 0 Å². The van der Waals surface area contributed by atoms with Crippen LogP contribution in [0.25, 0.3) is 6.08 Å². The quantitative estimate of drug-likeness (QED) is 0.391. The van der Waals surface area contributed by atoms with Gasteiger partial charge in [-0.1, -0.05) is 18.2 Å². The van der Waals surface area contributed by atoms with E-state index in [2.05, 4.69) is 0 Å². The first-order valence-corrected chi connectivity index (χ1v) is 3.30. The predicted octanol–water partition coefficient (Wildman–Crippen LogP) is 1.48. The molecular formula is C9H9NO. The Balaban J connectivity index is 2.87. The number of anilines is 1. The van der Waals surface area contributed by atoms with E-state index in [1.165, 1.54) is 6.08 Å². The Labute approximate surface area is 65.3 Å². The largest absolute Gasteiger partial charge is 0.399 e. The molecule has 0 fully saturated rings. The zero-order valence-corrected chi connectivity index (χ0v) is 6.03. The molecule has 0 heterocycles. The topological polar surface area (TPSA) is 43.1 Å². The summed E-state index contributed by atoms with van der Waals surface area (Å²) in [6.45, 7) is 0. The molecule has 2 heteroatoms. The van der Waals surface area contributed by atoms with Gasteiger partial charge in [0.05, 0.1) is 0 Å². The van der Waals surface area contributed by atoms with E-state index in [0.717, 1.165) is 11.8 Å². The molecule has 0 unspecified atom stereocenters. The Morgan fingerprint density at radius 1 is 1.36 bits per heavy atom. The van der Waals surface area contributed by atoms with Crippen LogP contribution in [0.5, 0.6) is 0 Å². The van der Waals surface area contributed by atoms with E-state index in [1.54, 1.807) is 18.2 Å². The Hall–Kier alpha value is -1.57. The molecule has 0 atom stereocenters. The zero-order valence-electron chi connectivity index (χ0n) is 6.03. The summed E-state index contributed by atoms with van der Waals surface area (Å²) < 4.78 is 0. The summed E-state index contributed by atoms with van der Waals surface area (Å²) in [6, 6.07) is 7.34. The summed E-state index contributed by atoms with van der Waals surface area (Å²) >= 11 is 0. The first kappa shape index (κ1) is 7.54. The SMILES string of the molecule is Nc1cccc(/C=C/C=O)c1. The summed E-state index contributed by atoms with van der Waals surface area (Å²) in [5.41, 5.74) is 7.16. The number of hydrogen-bond donors (Lipinski definition) is 1. The second-order valence-electron chi connectivity index (χ2n) is 2.17. The van der Waals surface area contributed by atoms with Crippen LogP contribution in [0.1, 0.15) is 5.56 Å². The van der Waals surface area contributed by atoms with Gasteiger partial charge >= 0.3 is 0 Å². The molecule has 0 aromatic heterocycles. The van der Waals surface area contributed by atoms with Crippen molar-refractivity contribution in [3.05, 3.63) is 35.9 Å². The minimum Gasteiger partial charge on any atom is -0.399 e. The molecule has 0 spiro atoms. The van der Waals surface area contributed by atoms with E-state index in [9.17, 15) is 4.79 Å². The molecule has 0 aliphatic heterocycles. The number of benzene rings is 1.